The standard InChI is InChI=1S/C19H18ClN5O3/c1-27-16-8-14(17(28-2)7-13(16)20)25-18-11-22-15(10-23-18)19(26)24-9-12-5-3-4-6-21-12/h3-8,10-11H,9H2,1-2H3,(H,23,25)(H,24,26). The van der Waals surface area contributed by atoms with Crippen LogP contribution in [0.4, 0.5) is 11.5 Å². The number of hydrogen-bond donors (Lipinski definition) is 2. The first kappa shape index (κ1) is 19.4. The molecular formula is C19H18ClN5O3. The number of pyridine rings is 1. The largest absolute Gasteiger partial charge is 0.495 e. The molecule has 144 valence electrons. The number of nitrogens with one attached hydrogen (secondary N) is 2. The number of nitrogens with zero attached hydrogens (tertiary/aromatic N) is 3. The fraction of sp³-hybridized carbons (Fsp3) is 0.158. The minimum Gasteiger partial charge on any atom is -0.495 e. The van der Waals surface area contributed by atoms with Crippen molar-refractivity contribution in [3.63, 3.8) is 0 Å². The summed E-state index contributed by atoms with van der Waals surface area (Å²) in [5, 5.41) is 6.25. The Hall–Kier alpha value is -3.39. The third-order valence-corrected chi connectivity index (χ3v) is 4.07. The second kappa shape index (κ2) is 9.01. The van der Waals surface area contributed by atoms with E-state index in [-0.39, 0.29) is 11.6 Å². The molecule has 0 aliphatic carbocycles. The molecular weight excluding hydrogens is 382 g/mol. The van der Waals surface area contributed by atoms with Gasteiger partial charge in [0.1, 0.15) is 23.0 Å². The predicted molar refractivity (Wildman–Crippen MR) is 105 cm³/mol. The zero-order valence-electron chi connectivity index (χ0n) is 15.3. The van der Waals surface area contributed by atoms with Crippen LogP contribution in [0.2, 0.25) is 5.02 Å². The fourth-order valence-corrected chi connectivity index (χ4v) is 2.60. The third kappa shape index (κ3) is 4.66. The number of aromatic nitrogens is 3. The number of methoxy groups -OCH3 is 2. The van der Waals surface area contributed by atoms with Crippen molar-refractivity contribution in [3.05, 3.63) is 65.3 Å². The zero-order valence-corrected chi connectivity index (χ0v) is 16.0. The van der Waals surface area contributed by atoms with Gasteiger partial charge >= 0.3 is 0 Å². The van der Waals surface area contributed by atoms with Crippen LogP contribution in [0.3, 0.4) is 0 Å². The Kier molecular flexibility index (Phi) is 6.23. The van der Waals surface area contributed by atoms with Crippen LogP contribution >= 0.6 is 11.6 Å². The number of carbonyl (C=O) groups is 1. The number of amides is 1. The molecule has 0 saturated carbocycles. The average Bonchev–Trinajstić information content (AvgIpc) is 2.74. The second-order valence-corrected chi connectivity index (χ2v) is 6.01. The summed E-state index contributed by atoms with van der Waals surface area (Å²) in [5.41, 5.74) is 1.55. The maximum atomic E-state index is 12.2. The highest BCUT2D eigenvalue weighted by atomic mass is 35.5. The molecule has 0 atom stereocenters. The van der Waals surface area contributed by atoms with Crippen LogP contribution in [0.1, 0.15) is 16.2 Å². The van der Waals surface area contributed by atoms with Crippen LogP contribution in [-0.4, -0.2) is 35.1 Å². The Bertz CT molecular complexity index is 952. The Morgan fingerprint density at radius 3 is 2.54 bits per heavy atom. The molecule has 0 saturated heterocycles. The molecule has 2 heterocycles. The van der Waals surface area contributed by atoms with Crippen molar-refractivity contribution in [2.75, 3.05) is 19.5 Å². The molecule has 2 N–H and O–H groups in total. The van der Waals surface area contributed by atoms with E-state index >= 15 is 0 Å². The molecule has 0 aliphatic rings. The summed E-state index contributed by atoms with van der Waals surface area (Å²) in [5.74, 6) is 1.10. The van der Waals surface area contributed by atoms with E-state index in [4.69, 9.17) is 21.1 Å². The van der Waals surface area contributed by atoms with Gasteiger partial charge in [0.15, 0.2) is 0 Å². The van der Waals surface area contributed by atoms with Gasteiger partial charge in [0.25, 0.3) is 5.91 Å². The summed E-state index contributed by atoms with van der Waals surface area (Å²) in [6.07, 6.45) is 4.51. The molecule has 0 unspecified atom stereocenters. The van der Waals surface area contributed by atoms with E-state index in [0.717, 1.165) is 5.69 Å². The second-order valence-electron chi connectivity index (χ2n) is 5.60. The first-order valence-corrected chi connectivity index (χ1v) is 8.67. The molecule has 0 aliphatic heterocycles. The number of hydrogen-bond acceptors (Lipinski definition) is 7. The Labute approximate surface area is 166 Å². The lowest BCUT2D eigenvalue weighted by Gasteiger charge is -2.13. The number of benzene rings is 1. The van der Waals surface area contributed by atoms with Crippen LogP contribution < -0.4 is 20.1 Å². The van der Waals surface area contributed by atoms with Gasteiger partial charge in [0.05, 0.1) is 49.6 Å². The van der Waals surface area contributed by atoms with Crippen molar-refractivity contribution in [1.29, 1.82) is 0 Å². The van der Waals surface area contributed by atoms with Gasteiger partial charge in [-0.05, 0) is 12.1 Å². The molecule has 0 bridgehead atoms. The van der Waals surface area contributed by atoms with Crippen molar-refractivity contribution < 1.29 is 14.3 Å². The topological polar surface area (TPSA) is 98.3 Å². The van der Waals surface area contributed by atoms with E-state index in [2.05, 4.69) is 25.6 Å². The van der Waals surface area contributed by atoms with E-state index < -0.39 is 0 Å². The molecule has 0 fully saturated rings. The van der Waals surface area contributed by atoms with Gasteiger partial charge < -0.3 is 20.1 Å². The molecule has 8 nitrogen and oxygen atoms in total. The Balaban J connectivity index is 1.68. The summed E-state index contributed by atoms with van der Waals surface area (Å²) in [6, 6.07) is 8.82. The van der Waals surface area contributed by atoms with Gasteiger partial charge in [-0.2, -0.15) is 0 Å². The highest BCUT2D eigenvalue weighted by Crippen LogP contribution is 2.36. The maximum Gasteiger partial charge on any atom is 0.271 e. The minimum absolute atomic E-state index is 0.196. The van der Waals surface area contributed by atoms with E-state index in [9.17, 15) is 4.79 Å². The Morgan fingerprint density at radius 2 is 1.89 bits per heavy atom. The van der Waals surface area contributed by atoms with Gasteiger partial charge in [-0.25, -0.2) is 9.97 Å². The number of carbonyl (C=O) groups excluding carboxylic acids is 1. The lowest BCUT2D eigenvalue weighted by molar-refractivity contribution is 0.0945. The number of halogens is 1. The van der Waals surface area contributed by atoms with E-state index in [1.807, 2.05) is 18.2 Å². The van der Waals surface area contributed by atoms with Crippen molar-refractivity contribution >= 4 is 29.0 Å². The van der Waals surface area contributed by atoms with Gasteiger partial charge in [0, 0.05) is 18.3 Å². The van der Waals surface area contributed by atoms with Crippen LogP contribution in [0, 0.1) is 0 Å². The van der Waals surface area contributed by atoms with Crippen molar-refractivity contribution in [2.45, 2.75) is 6.54 Å². The van der Waals surface area contributed by atoms with Crippen LogP contribution in [0.25, 0.3) is 0 Å². The van der Waals surface area contributed by atoms with E-state index in [1.165, 1.54) is 26.6 Å². The van der Waals surface area contributed by atoms with Gasteiger partial charge in [0.2, 0.25) is 0 Å². The minimum atomic E-state index is -0.338. The summed E-state index contributed by atoms with van der Waals surface area (Å²) >= 11 is 6.10. The van der Waals surface area contributed by atoms with Gasteiger partial charge in [-0.1, -0.05) is 17.7 Å². The highest BCUT2D eigenvalue weighted by Gasteiger charge is 2.12. The maximum absolute atomic E-state index is 12.2. The normalized spacial score (nSPS) is 10.2. The molecule has 3 rings (SSSR count). The number of anilines is 2. The van der Waals surface area contributed by atoms with E-state index in [1.54, 1.807) is 18.3 Å². The van der Waals surface area contributed by atoms with E-state index in [0.29, 0.717) is 34.6 Å². The molecule has 2 aromatic heterocycles. The summed E-state index contributed by atoms with van der Waals surface area (Å²) in [7, 11) is 3.06. The Morgan fingerprint density at radius 1 is 1.07 bits per heavy atom. The predicted octanol–water partition coefficient (Wildman–Crippen LogP) is 3.22. The molecule has 1 amide bonds. The molecule has 0 spiro atoms. The lowest BCUT2D eigenvalue weighted by Crippen LogP contribution is -2.24. The smallest absolute Gasteiger partial charge is 0.271 e. The molecule has 9 heteroatoms. The lowest BCUT2D eigenvalue weighted by atomic mass is 10.2. The summed E-state index contributed by atoms with van der Waals surface area (Å²) in [4.78, 5) is 24.7. The number of ether oxygens (including phenoxy) is 2. The summed E-state index contributed by atoms with van der Waals surface area (Å²) in [6.45, 7) is 0.309. The van der Waals surface area contributed by atoms with Crippen molar-refractivity contribution in [3.8, 4) is 11.5 Å². The SMILES string of the molecule is COc1cc(Nc2cnc(C(=O)NCc3ccccn3)cn2)c(OC)cc1Cl. The molecule has 3 aromatic rings. The monoisotopic (exact) mass is 399 g/mol. The first-order chi connectivity index (χ1) is 13.6. The van der Waals surface area contributed by atoms with Crippen LogP contribution in [0.5, 0.6) is 11.5 Å². The zero-order chi connectivity index (χ0) is 19.9. The van der Waals surface area contributed by atoms with Crippen molar-refractivity contribution in [2.24, 2.45) is 0 Å². The van der Waals surface area contributed by atoms with Crippen LogP contribution in [0.15, 0.2) is 48.9 Å². The first-order valence-electron chi connectivity index (χ1n) is 8.29. The van der Waals surface area contributed by atoms with Crippen LogP contribution in [-0.2, 0) is 6.54 Å². The fourth-order valence-electron chi connectivity index (χ4n) is 2.37. The van der Waals surface area contributed by atoms with Gasteiger partial charge in [-0.15, -0.1) is 0 Å². The molecule has 28 heavy (non-hydrogen) atoms. The average molecular weight is 400 g/mol. The third-order valence-electron chi connectivity index (χ3n) is 3.78. The summed E-state index contributed by atoms with van der Waals surface area (Å²) < 4.78 is 10.5. The highest BCUT2D eigenvalue weighted by molar-refractivity contribution is 6.32. The van der Waals surface area contributed by atoms with Crippen molar-refractivity contribution in [1.82, 2.24) is 20.3 Å². The van der Waals surface area contributed by atoms with Gasteiger partial charge in [-0.3, -0.25) is 9.78 Å². The molecule has 0 radical (unpaired) electrons. The quantitative estimate of drug-likeness (QED) is 0.629. The molecule has 1 aromatic carbocycles. The number of rotatable bonds is 7.